The van der Waals surface area contributed by atoms with Gasteiger partial charge in [-0.05, 0) is 50.1 Å². The van der Waals surface area contributed by atoms with Crippen molar-refractivity contribution in [1.82, 2.24) is 9.21 Å². The summed E-state index contributed by atoms with van der Waals surface area (Å²) in [6, 6.07) is 11.3. The summed E-state index contributed by atoms with van der Waals surface area (Å²) in [5.74, 6) is -0.0616. The number of aryl methyl sites for hydroxylation is 3. The van der Waals surface area contributed by atoms with Crippen LogP contribution in [0.25, 0.3) is 0 Å². The van der Waals surface area contributed by atoms with Gasteiger partial charge in [0.05, 0.1) is 4.90 Å². The maximum absolute atomic E-state index is 13.2. The first-order valence-electron chi connectivity index (χ1n) is 9.76. The molecule has 0 aliphatic carbocycles. The van der Waals surface area contributed by atoms with Crippen molar-refractivity contribution in [1.29, 1.82) is 0 Å². The number of anilines is 1. The van der Waals surface area contributed by atoms with Crippen LogP contribution in [-0.4, -0.2) is 63.8 Å². The minimum atomic E-state index is -3.58. The highest BCUT2D eigenvalue weighted by atomic mass is 32.2. The highest BCUT2D eigenvalue weighted by molar-refractivity contribution is 7.89. The Hall–Kier alpha value is -2.38. The van der Waals surface area contributed by atoms with E-state index in [9.17, 15) is 13.2 Å². The van der Waals surface area contributed by atoms with Crippen LogP contribution in [0.3, 0.4) is 0 Å². The second kappa shape index (κ2) is 8.16. The van der Waals surface area contributed by atoms with Crippen molar-refractivity contribution in [3.05, 3.63) is 58.7 Å². The summed E-state index contributed by atoms with van der Waals surface area (Å²) in [5, 5.41) is 0. The highest BCUT2D eigenvalue weighted by Crippen LogP contribution is 2.26. The van der Waals surface area contributed by atoms with Crippen molar-refractivity contribution in [2.45, 2.75) is 25.7 Å². The number of nitrogens with zero attached hydrogens (tertiary/aromatic N) is 3. The Labute approximate surface area is 173 Å². The summed E-state index contributed by atoms with van der Waals surface area (Å²) in [6.07, 6.45) is 0. The lowest BCUT2D eigenvalue weighted by Gasteiger charge is -2.34. The quantitative estimate of drug-likeness (QED) is 0.770. The van der Waals surface area contributed by atoms with Gasteiger partial charge in [0.1, 0.15) is 0 Å². The molecule has 156 valence electrons. The lowest BCUT2D eigenvalue weighted by atomic mass is 10.1. The number of hydrogen-bond donors (Lipinski definition) is 0. The summed E-state index contributed by atoms with van der Waals surface area (Å²) < 4.78 is 27.9. The van der Waals surface area contributed by atoms with Crippen LogP contribution in [0.2, 0.25) is 0 Å². The average Bonchev–Trinajstić information content (AvgIpc) is 2.66. The zero-order chi connectivity index (χ0) is 21.3. The molecule has 0 spiro atoms. The maximum atomic E-state index is 13.2. The number of sulfonamides is 1. The SMILES string of the molecule is Cc1cc(C)c(S(=O)(=O)N2CCN(C(=O)c3cccc(N(C)C)c3)CC2)c(C)c1. The molecule has 2 aromatic carbocycles. The highest BCUT2D eigenvalue weighted by Gasteiger charge is 2.32. The second-order valence-electron chi connectivity index (χ2n) is 7.87. The molecule has 0 bridgehead atoms. The first kappa shape index (κ1) is 21.3. The van der Waals surface area contributed by atoms with Gasteiger partial charge in [0.15, 0.2) is 0 Å². The lowest BCUT2D eigenvalue weighted by Crippen LogP contribution is -2.50. The van der Waals surface area contributed by atoms with E-state index in [2.05, 4.69) is 0 Å². The molecule has 1 amide bonds. The molecular weight excluding hydrogens is 386 g/mol. The summed E-state index contributed by atoms with van der Waals surface area (Å²) in [4.78, 5) is 17.0. The van der Waals surface area contributed by atoms with Crippen LogP contribution in [-0.2, 0) is 10.0 Å². The molecule has 0 atom stereocenters. The minimum absolute atomic E-state index is 0.0616. The molecule has 1 saturated heterocycles. The molecule has 0 saturated carbocycles. The molecule has 0 aromatic heterocycles. The Morgan fingerprint density at radius 2 is 1.52 bits per heavy atom. The number of rotatable bonds is 4. The van der Waals surface area contributed by atoms with Crippen molar-refractivity contribution >= 4 is 21.6 Å². The Morgan fingerprint density at radius 3 is 2.07 bits per heavy atom. The fourth-order valence-corrected chi connectivity index (χ4v) is 5.77. The minimum Gasteiger partial charge on any atom is -0.378 e. The summed E-state index contributed by atoms with van der Waals surface area (Å²) >= 11 is 0. The summed E-state index contributed by atoms with van der Waals surface area (Å²) in [7, 11) is 0.282. The van der Waals surface area contributed by atoms with E-state index < -0.39 is 10.0 Å². The number of amides is 1. The van der Waals surface area contributed by atoms with Gasteiger partial charge in [-0.2, -0.15) is 4.31 Å². The Kier molecular flexibility index (Phi) is 6.00. The Bertz CT molecular complexity index is 1000. The van der Waals surface area contributed by atoms with Gasteiger partial charge in [-0.1, -0.05) is 23.8 Å². The van der Waals surface area contributed by atoms with Gasteiger partial charge < -0.3 is 9.80 Å². The predicted octanol–water partition coefficient (Wildman–Crippen LogP) is 2.82. The fraction of sp³-hybridized carbons (Fsp3) is 0.409. The zero-order valence-electron chi connectivity index (χ0n) is 17.8. The van der Waals surface area contributed by atoms with Gasteiger partial charge in [0.25, 0.3) is 5.91 Å². The summed E-state index contributed by atoms with van der Waals surface area (Å²) in [6.45, 7) is 7.01. The molecule has 2 aromatic rings. The topological polar surface area (TPSA) is 60.9 Å². The number of carbonyl (C=O) groups is 1. The van der Waals surface area contributed by atoms with Crippen molar-refractivity contribution in [3.63, 3.8) is 0 Å². The third-order valence-electron chi connectivity index (χ3n) is 5.34. The third-order valence-corrected chi connectivity index (χ3v) is 7.54. The molecule has 3 rings (SSSR count). The van der Waals surface area contributed by atoms with Crippen LogP contribution in [0, 0.1) is 20.8 Å². The van der Waals surface area contributed by atoms with E-state index in [1.54, 1.807) is 11.0 Å². The van der Waals surface area contributed by atoms with Crippen molar-refractivity contribution in [2.75, 3.05) is 45.2 Å². The largest absolute Gasteiger partial charge is 0.378 e. The van der Waals surface area contributed by atoms with Crippen LogP contribution in [0.15, 0.2) is 41.3 Å². The van der Waals surface area contributed by atoms with Crippen molar-refractivity contribution in [2.24, 2.45) is 0 Å². The molecule has 1 fully saturated rings. The van der Waals surface area contributed by atoms with Crippen LogP contribution in [0.1, 0.15) is 27.0 Å². The molecule has 7 heteroatoms. The van der Waals surface area contributed by atoms with Crippen molar-refractivity contribution < 1.29 is 13.2 Å². The smallest absolute Gasteiger partial charge is 0.254 e. The van der Waals surface area contributed by atoms with Crippen LogP contribution >= 0.6 is 0 Å². The molecule has 1 aliphatic heterocycles. The molecule has 0 N–H and O–H groups in total. The lowest BCUT2D eigenvalue weighted by molar-refractivity contribution is 0.0698. The van der Waals surface area contributed by atoms with E-state index >= 15 is 0 Å². The maximum Gasteiger partial charge on any atom is 0.254 e. The summed E-state index contributed by atoms with van der Waals surface area (Å²) in [5.41, 5.74) is 4.16. The molecule has 6 nitrogen and oxygen atoms in total. The van der Waals surface area contributed by atoms with Crippen molar-refractivity contribution in [3.8, 4) is 0 Å². The fourth-order valence-electron chi connectivity index (χ4n) is 3.93. The molecule has 1 heterocycles. The molecule has 0 unspecified atom stereocenters. The van der Waals surface area contributed by atoms with Gasteiger partial charge in [-0.15, -0.1) is 0 Å². The van der Waals surface area contributed by atoms with Gasteiger partial charge >= 0.3 is 0 Å². The van der Waals surface area contributed by atoms with E-state index in [0.29, 0.717) is 36.6 Å². The first-order chi connectivity index (χ1) is 13.6. The standard InChI is InChI=1S/C22H29N3O3S/c1-16-13-17(2)21(18(3)14-16)29(27,28)25-11-9-24(10-12-25)22(26)19-7-6-8-20(15-19)23(4)5/h6-8,13-15H,9-12H2,1-5H3. The molecule has 1 aliphatic rings. The number of piperazine rings is 1. The monoisotopic (exact) mass is 415 g/mol. The van der Waals surface area contributed by atoms with Gasteiger partial charge in [0, 0.05) is 51.5 Å². The molecular formula is C22H29N3O3S. The van der Waals surface area contributed by atoms with Gasteiger partial charge in [-0.3, -0.25) is 4.79 Å². The van der Waals surface area contributed by atoms with E-state index in [1.807, 2.05) is 70.1 Å². The molecule has 0 radical (unpaired) electrons. The first-order valence-corrected chi connectivity index (χ1v) is 11.2. The normalized spacial score (nSPS) is 15.4. The number of benzene rings is 2. The predicted molar refractivity (Wildman–Crippen MR) is 116 cm³/mol. The Morgan fingerprint density at radius 1 is 0.931 bits per heavy atom. The average molecular weight is 416 g/mol. The van der Waals surface area contributed by atoms with Gasteiger partial charge in [-0.25, -0.2) is 8.42 Å². The Balaban J connectivity index is 1.75. The third kappa shape index (κ3) is 4.31. The van der Waals surface area contributed by atoms with Crippen LogP contribution in [0.5, 0.6) is 0 Å². The zero-order valence-corrected chi connectivity index (χ0v) is 18.6. The number of hydrogen-bond acceptors (Lipinski definition) is 4. The van der Waals surface area contributed by atoms with E-state index in [4.69, 9.17) is 0 Å². The van der Waals surface area contributed by atoms with Crippen LogP contribution in [0.4, 0.5) is 5.69 Å². The van der Waals surface area contributed by atoms with E-state index in [-0.39, 0.29) is 5.91 Å². The second-order valence-corrected chi connectivity index (χ2v) is 9.74. The van der Waals surface area contributed by atoms with Gasteiger partial charge in [0.2, 0.25) is 10.0 Å². The van der Waals surface area contributed by atoms with E-state index in [1.165, 1.54) is 4.31 Å². The number of carbonyl (C=O) groups excluding carboxylic acids is 1. The molecule has 29 heavy (non-hydrogen) atoms. The van der Waals surface area contributed by atoms with E-state index in [0.717, 1.165) is 22.4 Å². The van der Waals surface area contributed by atoms with Crippen LogP contribution < -0.4 is 4.90 Å².